The van der Waals surface area contributed by atoms with Crippen molar-refractivity contribution in [3.05, 3.63) is 0 Å². The molecule has 0 aromatic rings. The Morgan fingerprint density at radius 3 is 2.00 bits per heavy atom. The van der Waals surface area contributed by atoms with Gasteiger partial charge in [0.05, 0.1) is 5.60 Å². The maximum absolute atomic E-state index is 5.99. The molecule has 0 amide bonds. The summed E-state index contributed by atoms with van der Waals surface area (Å²) >= 11 is 0. The first-order chi connectivity index (χ1) is 6.72. The molecule has 0 aliphatic heterocycles. The van der Waals surface area contributed by atoms with Crippen LogP contribution < -0.4 is 0 Å². The van der Waals surface area contributed by atoms with Gasteiger partial charge in [-0.2, -0.15) is 0 Å². The van der Waals surface area contributed by atoms with Gasteiger partial charge < -0.3 is 4.74 Å². The maximum atomic E-state index is 5.99. The van der Waals surface area contributed by atoms with E-state index in [2.05, 4.69) is 13.8 Å². The molecular formula is C13H24O. The lowest BCUT2D eigenvalue weighted by Gasteiger charge is -2.37. The Balaban J connectivity index is 1.81. The zero-order valence-electron chi connectivity index (χ0n) is 9.72. The van der Waals surface area contributed by atoms with E-state index in [4.69, 9.17) is 4.74 Å². The second-order valence-corrected chi connectivity index (χ2v) is 5.53. The Labute approximate surface area is 88.2 Å². The summed E-state index contributed by atoms with van der Waals surface area (Å²) < 4.78 is 5.99. The lowest BCUT2D eigenvalue weighted by Crippen LogP contribution is -2.34. The molecule has 2 saturated carbocycles. The van der Waals surface area contributed by atoms with Crippen molar-refractivity contribution in [2.75, 3.05) is 6.61 Å². The molecule has 0 spiro atoms. The molecule has 0 N–H and O–H groups in total. The van der Waals surface area contributed by atoms with E-state index in [1.807, 2.05) is 0 Å². The quantitative estimate of drug-likeness (QED) is 0.628. The second kappa shape index (κ2) is 4.22. The molecule has 0 radical (unpaired) electrons. The van der Waals surface area contributed by atoms with Gasteiger partial charge in [-0.25, -0.2) is 0 Å². The van der Waals surface area contributed by atoms with Crippen LogP contribution in [0.5, 0.6) is 0 Å². The Morgan fingerprint density at radius 1 is 1.07 bits per heavy atom. The van der Waals surface area contributed by atoms with E-state index >= 15 is 0 Å². The van der Waals surface area contributed by atoms with Crippen molar-refractivity contribution < 1.29 is 4.74 Å². The average molecular weight is 196 g/mol. The highest BCUT2D eigenvalue weighted by Crippen LogP contribution is 2.43. The predicted octanol–water partition coefficient (Wildman–Crippen LogP) is 3.77. The van der Waals surface area contributed by atoms with E-state index in [1.165, 1.54) is 44.9 Å². The van der Waals surface area contributed by atoms with Crippen molar-refractivity contribution in [3.63, 3.8) is 0 Å². The molecule has 0 aromatic carbocycles. The van der Waals surface area contributed by atoms with Crippen LogP contribution in [0.2, 0.25) is 0 Å². The summed E-state index contributed by atoms with van der Waals surface area (Å²) in [6.45, 7) is 5.36. The van der Waals surface area contributed by atoms with Crippen LogP contribution in [0.3, 0.4) is 0 Å². The van der Waals surface area contributed by atoms with Gasteiger partial charge in [0, 0.05) is 6.61 Å². The summed E-state index contributed by atoms with van der Waals surface area (Å²) in [5, 5.41) is 0. The SMILES string of the molecule is CCOC(C)(CC1CCC1)CC1CC1. The highest BCUT2D eigenvalue weighted by molar-refractivity contribution is 4.88. The minimum Gasteiger partial charge on any atom is -0.376 e. The van der Waals surface area contributed by atoms with Crippen molar-refractivity contribution in [2.45, 2.75) is 64.4 Å². The Hall–Kier alpha value is -0.0400. The molecule has 2 fully saturated rings. The van der Waals surface area contributed by atoms with E-state index in [0.717, 1.165) is 18.4 Å². The van der Waals surface area contributed by atoms with Crippen LogP contribution in [0.4, 0.5) is 0 Å². The zero-order chi connectivity index (χ0) is 10.0. The van der Waals surface area contributed by atoms with Crippen molar-refractivity contribution in [3.8, 4) is 0 Å². The summed E-state index contributed by atoms with van der Waals surface area (Å²) in [5.74, 6) is 1.97. The summed E-state index contributed by atoms with van der Waals surface area (Å²) in [5.41, 5.74) is 0.209. The third kappa shape index (κ3) is 2.73. The van der Waals surface area contributed by atoms with E-state index in [9.17, 15) is 0 Å². The molecule has 0 bridgehead atoms. The molecule has 0 saturated heterocycles. The minimum absolute atomic E-state index is 0.209. The van der Waals surface area contributed by atoms with Gasteiger partial charge in [-0.05, 0) is 38.5 Å². The topological polar surface area (TPSA) is 9.23 Å². The molecule has 2 aliphatic carbocycles. The van der Waals surface area contributed by atoms with E-state index in [1.54, 1.807) is 0 Å². The fourth-order valence-corrected chi connectivity index (χ4v) is 2.79. The van der Waals surface area contributed by atoms with Gasteiger partial charge in [0.2, 0.25) is 0 Å². The van der Waals surface area contributed by atoms with Gasteiger partial charge in [0.25, 0.3) is 0 Å². The van der Waals surface area contributed by atoms with Crippen molar-refractivity contribution in [1.29, 1.82) is 0 Å². The predicted molar refractivity (Wildman–Crippen MR) is 59.3 cm³/mol. The Bertz CT molecular complexity index is 182. The standard InChI is InChI=1S/C13H24O/c1-3-14-13(2,10-12-7-8-12)9-11-5-4-6-11/h11-12H,3-10H2,1-2H3. The van der Waals surface area contributed by atoms with E-state index in [-0.39, 0.29) is 5.60 Å². The highest BCUT2D eigenvalue weighted by atomic mass is 16.5. The van der Waals surface area contributed by atoms with Crippen LogP contribution in [-0.2, 0) is 4.74 Å². The number of hydrogen-bond acceptors (Lipinski definition) is 1. The van der Waals surface area contributed by atoms with Gasteiger partial charge in [0.15, 0.2) is 0 Å². The van der Waals surface area contributed by atoms with Crippen molar-refractivity contribution >= 4 is 0 Å². The smallest absolute Gasteiger partial charge is 0.0659 e. The van der Waals surface area contributed by atoms with Crippen molar-refractivity contribution in [1.82, 2.24) is 0 Å². The van der Waals surface area contributed by atoms with Crippen molar-refractivity contribution in [2.24, 2.45) is 11.8 Å². The summed E-state index contributed by atoms with van der Waals surface area (Å²) in [6, 6.07) is 0. The van der Waals surface area contributed by atoms with Gasteiger partial charge >= 0.3 is 0 Å². The molecule has 1 unspecified atom stereocenters. The van der Waals surface area contributed by atoms with Crippen LogP contribution >= 0.6 is 0 Å². The number of rotatable bonds is 6. The zero-order valence-corrected chi connectivity index (χ0v) is 9.72. The molecule has 2 rings (SSSR count). The van der Waals surface area contributed by atoms with Gasteiger partial charge in [0.1, 0.15) is 0 Å². The molecule has 0 heterocycles. The van der Waals surface area contributed by atoms with Gasteiger partial charge in [-0.1, -0.05) is 32.1 Å². The van der Waals surface area contributed by atoms with Crippen LogP contribution in [-0.4, -0.2) is 12.2 Å². The lowest BCUT2D eigenvalue weighted by molar-refractivity contribution is -0.0584. The number of ether oxygens (including phenoxy) is 1. The summed E-state index contributed by atoms with van der Waals surface area (Å²) in [7, 11) is 0. The largest absolute Gasteiger partial charge is 0.376 e. The minimum atomic E-state index is 0.209. The molecule has 1 heteroatoms. The molecule has 82 valence electrons. The third-order valence-electron chi connectivity index (χ3n) is 3.86. The average Bonchev–Trinajstić information content (AvgIpc) is 2.82. The van der Waals surface area contributed by atoms with Gasteiger partial charge in [-0.3, -0.25) is 0 Å². The molecule has 1 atom stereocenters. The first-order valence-corrected chi connectivity index (χ1v) is 6.36. The maximum Gasteiger partial charge on any atom is 0.0659 e. The highest BCUT2D eigenvalue weighted by Gasteiger charge is 2.36. The third-order valence-corrected chi connectivity index (χ3v) is 3.86. The normalized spacial score (nSPS) is 27.0. The van der Waals surface area contributed by atoms with Gasteiger partial charge in [-0.15, -0.1) is 0 Å². The van der Waals surface area contributed by atoms with E-state index in [0.29, 0.717) is 0 Å². The van der Waals surface area contributed by atoms with Crippen LogP contribution in [0.15, 0.2) is 0 Å². The van der Waals surface area contributed by atoms with E-state index < -0.39 is 0 Å². The lowest BCUT2D eigenvalue weighted by atomic mass is 9.76. The molecular weight excluding hydrogens is 172 g/mol. The summed E-state index contributed by atoms with van der Waals surface area (Å²) in [4.78, 5) is 0. The fraction of sp³-hybridized carbons (Fsp3) is 1.00. The Morgan fingerprint density at radius 2 is 1.64 bits per heavy atom. The molecule has 1 nitrogen and oxygen atoms in total. The monoisotopic (exact) mass is 196 g/mol. The number of hydrogen-bond donors (Lipinski definition) is 0. The Kier molecular flexibility index (Phi) is 3.16. The first kappa shape index (κ1) is 10.5. The summed E-state index contributed by atoms with van der Waals surface area (Å²) in [6.07, 6.45) is 9.90. The van der Waals surface area contributed by atoms with Crippen LogP contribution in [0, 0.1) is 11.8 Å². The van der Waals surface area contributed by atoms with Crippen LogP contribution in [0.1, 0.15) is 58.8 Å². The molecule has 0 aromatic heterocycles. The second-order valence-electron chi connectivity index (χ2n) is 5.53. The molecule has 14 heavy (non-hydrogen) atoms. The molecule has 2 aliphatic rings. The fourth-order valence-electron chi connectivity index (χ4n) is 2.79. The van der Waals surface area contributed by atoms with Crippen LogP contribution in [0.25, 0.3) is 0 Å². The first-order valence-electron chi connectivity index (χ1n) is 6.36.